The number of hydrogen-bond donors (Lipinski definition) is 0. The van der Waals surface area contributed by atoms with Gasteiger partial charge >= 0.3 is 0 Å². The van der Waals surface area contributed by atoms with Gasteiger partial charge in [0.15, 0.2) is 0 Å². The minimum Gasteiger partial charge on any atom is -0.261 e. The van der Waals surface area contributed by atoms with Crippen molar-refractivity contribution in [2.75, 3.05) is 0 Å². The first-order valence-corrected chi connectivity index (χ1v) is 11.8. The number of pyridine rings is 2. The van der Waals surface area contributed by atoms with Crippen LogP contribution in [0.15, 0.2) is 141 Å². The number of rotatable bonds is 10. The van der Waals surface area contributed by atoms with E-state index in [1.165, 1.54) is 16.3 Å². The fourth-order valence-corrected chi connectivity index (χ4v) is 4.35. The number of fused-ring (bicyclic) bond motifs is 1. The summed E-state index contributed by atoms with van der Waals surface area (Å²) in [6.45, 7) is 12.1. The van der Waals surface area contributed by atoms with Crippen molar-refractivity contribution in [3.05, 3.63) is 152 Å². The quantitative estimate of drug-likeness (QED) is 0.177. The van der Waals surface area contributed by atoms with Crippen LogP contribution in [0.25, 0.3) is 27.6 Å². The second kappa shape index (κ2) is 11.7. The molecule has 0 aliphatic rings. The zero-order valence-corrected chi connectivity index (χ0v) is 20.0. The fourth-order valence-electron chi connectivity index (χ4n) is 4.35. The molecule has 4 aromatic rings. The highest BCUT2D eigenvalue weighted by molar-refractivity contribution is 6.02. The van der Waals surface area contributed by atoms with Crippen molar-refractivity contribution in [3.8, 4) is 11.3 Å². The van der Waals surface area contributed by atoms with E-state index in [-0.39, 0.29) is 5.92 Å². The molecule has 0 bridgehead atoms. The number of aromatic nitrogens is 2. The molecule has 0 radical (unpaired) electrons. The molecule has 2 aromatic carbocycles. The molecule has 0 saturated heterocycles. The molecule has 2 aromatic heterocycles. The average molecular weight is 455 g/mol. The van der Waals surface area contributed by atoms with Gasteiger partial charge in [-0.05, 0) is 52.6 Å². The maximum Gasteiger partial charge on any atom is 0.0708 e. The van der Waals surface area contributed by atoms with Crippen LogP contribution >= 0.6 is 0 Å². The zero-order valence-electron chi connectivity index (χ0n) is 20.0. The van der Waals surface area contributed by atoms with Crippen LogP contribution in [-0.2, 0) is 6.42 Å². The zero-order chi connectivity index (χ0) is 24.5. The van der Waals surface area contributed by atoms with Crippen molar-refractivity contribution < 1.29 is 0 Å². The monoisotopic (exact) mass is 454 g/mol. The van der Waals surface area contributed by atoms with Crippen LogP contribution < -0.4 is 0 Å². The van der Waals surface area contributed by atoms with E-state index >= 15 is 0 Å². The number of hydrogen-bond acceptors (Lipinski definition) is 2. The lowest BCUT2D eigenvalue weighted by Crippen LogP contribution is -1.99. The normalized spacial score (nSPS) is 12.0. The van der Waals surface area contributed by atoms with Crippen molar-refractivity contribution in [2.45, 2.75) is 12.8 Å². The molecule has 172 valence electrons. The molecular formula is C33H30N2. The molecule has 35 heavy (non-hydrogen) atoms. The molecule has 0 aliphatic heterocycles. The van der Waals surface area contributed by atoms with Gasteiger partial charge in [0.25, 0.3) is 0 Å². The summed E-state index contributed by atoms with van der Waals surface area (Å²) >= 11 is 0. The maximum atomic E-state index is 4.59. The summed E-state index contributed by atoms with van der Waals surface area (Å²) in [5.74, 6) is 0.00943. The highest BCUT2D eigenvalue weighted by atomic mass is 14.7. The lowest BCUT2D eigenvalue weighted by molar-refractivity contribution is 1.00. The predicted molar refractivity (Wildman–Crippen MR) is 150 cm³/mol. The molecule has 2 heterocycles. The Morgan fingerprint density at radius 2 is 1.46 bits per heavy atom. The van der Waals surface area contributed by atoms with E-state index in [4.69, 9.17) is 0 Å². The van der Waals surface area contributed by atoms with Crippen LogP contribution in [0.2, 0.25) is 0 Å². The largest absolute Gasteiger partial charge is 0.261 e. The van der Waals surface area contributed by atoms with Gasteiger partial charge in [0.05, 0.1) is 5.69 Å². The summed E-state index contributed by atoms with van der Waals surface area (Å²) in [6.07, 6.45) is 15.5. The summed E-state index contributed by atoms with van der Waals surface area (Å²) in [6, 6.07) is 24.9. The Kier molecular flexibility index (Phi) is 7.98. The number of benzene rings is 2. The Hall–Kier alpha value is -4.30. The molecule has 0 unspecified atom stereocenters. The van der Waals surface area contributed by atoms with Crippen molar-refractivity contribution >= 4 is 16.3 Å². The summed E-state index contributed by atoms with van der Waals surface area (Å²) < 4.78 is 0. The van der Waals surface area contributed by atoms with E-state index in [1.54, 1.807) is 0 Å². The molecule has 2 heteroatoms. The van der Waals surface area contributed by atoms with Crippen LogP contribution in [0.1, 0.15) is 17.7 Å². The lowest BCUT2D eigenvalue weighted by atomic mass is 9.86. The Morgan fingerprint density at radius 1 is 0.743 bits per heavy atom. The van der Waals surface area contributed by atoms with Crippen LogP contribution in [0.3, 0.4) is 0 Å². The lowest BCUT2D eigenvalue weighted by Gasteiger charge is -2.18. The van der Waals surface area contributed by atoms with Gasteiger partial charge in [-0.3, -0.25) is 9.97 Å². The molecule has 0 spiro atoms. The number of nitrogens with zero attached hydrogens (tertiary/aromatic N) is 2. The van der Waals surface area contributed by atoms with Crippen molar-refractivity contribution in [1.82, 2.24) is 9.97 Å². The second-order valence-corrected chi connectivity index (χ2v) is 8.36. The predicted octanol–water partition coefficient (Wildman–Crippen LogP) is 8.41. The summed E-state index contributed by atoms with van der Waals surface area (Å²) in [5, 5.41) is 2.35. The molecule has 2 nitrogen and oxygen atoms in total. The number of allylic oxidation sites excluding steroid dienone is 7. The molecule has 0 saturated carbocycles. The standard InChI is InChI=1S/C33H30N2/c1-4-13-25(24-27-14-9-11-22-34-27)18-19-28(26(5-2)6-3)31-20-21-32(33-17-10-12-23-35-33)30-16-8-7-15-29(30)31/h4-12,14-23,26H,1-3,13,24H2/b25-18+,28-19+. The van der Waals surface area contributed by atoms with E-state index in [1.807, 2.05) is 54.9 Å². The molecule has 4 rings (SSSR count). The van der Waals surface area contributed by atoms with Crippen molar-refractivity contribution in [1.29, 1.82) is 0 Å². The molecule has 0 N–H and O–H groups in total. The van der Waals surface area contributed by atoms with Crippen LogP contribution in [0.5, 0.6) is 0 Å². The van der Waals surface area contributed by atoms with Gasteiger partial charge in [-0.2, -0.15) is 0 Å². The average Bonchev–Trinajstić information content (AvgIpc) is 2.92. The van der Waals surface area contributed by atoms with E-state index in [9.17, 15) is 0 Å². The van der Waals surface area contributed by atoms with Gasteiger partial charge in [-0.1, -0.05) is 84.5 Å². The first-order chi connectivity index (χ1) is 17.2. The van der Waals surface area contributed by atoms with Crippen LogP contribution in [-0.4, -0.2) is 9.97 Å². The minimum atomic E-state index is 0.00943. The fraction of sp³-hybridized carbons (Fsp3) is 0.0909. The van der Waals surface area contributed by atoms with Gasteiger partial charge in [-0.25, -0.2) is 0 Å². The maximum absolute atomic E-state index is 4.59. The molecule has 0 fully saturated rings. The van der Waals surface area contributed by atoms with E-state index in [2.05, 4.69) is 90.4 Å². The van der Waals surface area contributed by atoms with E-state index in [0.717, 1.165) is 40.9 Å². The van der Waals surface area contributed by atoms with Gasteiger partial charge in [0, 0.05) is 36.0 Å². The Labute approximate surface area is 208 Å². The SMILES string of the molecule is C=CC/C(=C\C=C(\c1ccc(-c2ccccn2)c2ccccc12)C(C=C)C=C)Cc1ccccn1. The third kappa shape index (κ3) is 5.62. The first-order valence-electron chi connectivity index (χ1n) is 11.8. The molecule has 0 atom stereocenters. The van der Waals surface area contributed by atoms with Crippen LogP contribution in [0.4, 0.5) is 0 Å². The van der Waals surface area contributed by atoms with E-state index < -0.39 is 0 Å². The Bertz CT molecular complexity index is 1370. The Balaban J connectivity index is 1.85. The molecule has 0 amide bonds. The van der Waals surface area contributed by atoms with Gasteiger partial charge in [-0.15, -0.1) is 19.7 Å². The minimum absolute atomic E-state index is 0.00943. The van der Waals surface area contributed by atoms with Gasteiger partial charge in [0.1, 0.15) is 0 Å². The van der Waals surface area contributed by atoms with E-state index in [0.29, 0.717) is 0 Å². The highest BCUT2D eigenvalue weighted by Gasteiger charge is 2.15. The first kappa shape index (κ1) is 23.8. The third-order valence-corrected chi connectivity index (χ3v) is 6.08. The van der Waals surface area contributed by atoms with Crippen LogP contribution in [0, 0.1) is 5.92 Å². The van der Waals surface area contributed by atoms with Crippen molar-refractivity contribution in [2.24, 2.45) is 5.92 Å². The summed E-state index contributed by atoms with van der Waals surface area (Å²) in [4.78, 5) is 9.09. The molecular weight excluding hydrogens is 424 g/mol. The Morgan fingerprint density at radius 3 is 2.11 bits per heavy atom. The highest BCUT2D eigenvalue weighted by Crippen LogP contribution is 2.36. The summed E-state index contributed by atoms with van der Waals surface area (Å²) in [7, 11) is 0. The smallest absolute Gasteiger partial charge is 0.0708 e. The summed E-state index contributed by atoms with van der Waals surface area (Å²) in [5.41, 5.74) is 6.70. The third-order valence-electron chi connectivity index (χ3n) is 6.08. The topological polar surface area (TPSA) is 25.8 Å². The molecule has 0 aliphatic carbocycles. The van der Waals surface area contributed by atoms with Gasteiger partial charge < -0.3 is 0 Å². The van der Waals surface area contributed by atoms with Crippen molar-refractivity contribution in [3.63, 3.8) is 0 Å². The second-order valence-electron chi connectivity index (χ2n) is 8.36. The van der Waals surface area contributed by atoms with Gasteiger partial charge in [0.2, 0.25) is 0 Å².